The molecule has 2 N–H and O–H groups in total. The Morgan fingerprint density at radius 2 is 2.10 bits per heavy atom. The molecule has 0 unspecified atom stereocenters. The van der Waals surface area contributed by atoms with E-state index >= 15 is 0 Å². The molecular formula is C14H17ClN2O2S2. The van der Waals surface area contributed by atoms with Gasteiger partial charge in [0.1, 0.15) is 0 Å². The average Bonchev–Trinajstić information content (AvgIpc) is 2.97. The maximum absolute atomic E-state index is 12.5. The van der Waals surface area contributed by atoms with Gasteiger partial charge < -0.3 is 5.73 Å². The van der Waals surface area contributed by atoms with Crippen LogP contribution >= 0.6 is 22.9 Å². The van der Waals surface area contributed by atoms with Crippen molar-refractivity contribution in [2.24, 2.45) is 5.73 Å². The second kappa shape index (κ2) is 6.89. The zero-order chi connectivity index (χ0) is 15.5. The minimum absolute atomic E-state index is 0.193. The predicted octanol–water partition coefficient (Wildman–Crippen LogP) is 2.72. The molecule has 114 valence electrons. The van der Waals surface area contributed by atoms with Gasteiger partial charge >= 0.3 is 0 Å². The van der Waals surface area contributed by atoms with Gasteiger partial charge in [-0.2, -0.15) is 0 Å². The summed E-state index contributed by atoms with van der Waals surface area (Å²) in [5, 5.41) is 2.36. The average molecular weight is 345 g/mol. The van der Waals surface area contributed by atoms with Gasteiger partial charge in [0.15, 0.2) is 0 Å². The van der Waals surface area contributed by atoms with Crippen LogP contribution in [0.15, 0.2) is 40.6 Å². The van der Waals surface area contributed by atoms with E-state index in [1.54, 1.807) is 30.5 Å². The molecule has 7 heteroatoms. The number of rotatable bonds is 6. The normalized spacial score (nSPS) is 12.0. The van der Waals surface area contributed by atoms with Crippen molar-refractivity contribution in [3.63, 3.8) is 0 Å². The first kappa shape index (κ1) is 16.5. The van der Waals surface area contributed by atoms with E-state index in [2.05, 4.69) is 0 Å². The van der Waals surface area contributed by atoms with Gasteiger partial charge in [-0.15, -0.1) is 11.3 Å². The van der Waals surface area contributed by atoms with E-state index in [4.69, 9.17) is 17.3 Å². The van der Waals surface area contributed by atoms with E-state index < -0.39 is 10.0 Å². The smallest absolute Gasteiger partial charge is 0.242 e. The lowest BCUT2D eigenvalue weighted by atomic mass is 10.2. The van der Waals surface area contributed by atoms with Crippen molar-refractivity contribution in [2.45, 2.75) is 17.9 Å². The van der Waals surface area contributed by atoms with Gasteiger partial charge in [-0.3, -0.25) is 0 Å². The topological polar surface area (TPSA) is 63.4 Å². The third-order valence-corrected chi connectivity index (χ3v) is 6.35. The number of nitrogens with zero attached hydrogens (tertiary/aromatic N) is 1. The molecule has 0 saturated heterocycles. The molecule has 0 saturated carbocycles. The summed E-state index contributed by atoms with van der Waals surface area (Å²) in [6.45, 7) is 0.715. The molecule has 0 aliphatic carbocycles. The van der Waals surface area contributed by atoms with E-state index in [0.717, 1.165) is 10.4 Å². The zero-order valence-corrected chi connectivity index (χ0v) is 14.0. The van der Waals surface area contributed by atoms with E-state index in [0.29, 0.717) is 18.0 Å². The second-order valence-electron chi connectivity index (χ2n) is 4.61. The first-order valence-corrected chi connectivity index (χ1v) is 9.12. The standard InChI is InChI=1S/C14H17ClN2O2S2/c1-17(7-6-12-3-2-8-20-12)21(18,19)13-5-4-11(10-16)14(15)9-13/h2-5,8-9H,6-7,10,16H2,1H3. The summed E-state index contributed by atoms with van der Waals surface area (Å²) in [5.74, 6) is 0. The molecule has 0 spiro atoms. The molecule has 1 aromatic heterocycles. The first-order valence-electron chi connectivity index (χ1n) is 6.42. The number of benzene rings is 1. The lowest BCUT2D eigenvalue weighted by Crippen LogP contribution is -2.29. The minimum atomic E-state index is -3.53. The van der Waals surface area contributed by atoms with Crippen molar-refractivity contribution in [1.29, 1.82) is 0 Å². The van der Waals surface area contributed by atoms with Gasteiger partial charge in [0.2, 0.25) is 10.0 Å². The molecular weight excluding hydrogens is 328 g/mol. The fourth-order valence-electron chi connectivity index (χ4n) is 1.88. The quantitative estimate of drug-likeness (QED) is 0.876. The molecule has 4 nitrogen and oxygen atoms in total. The lowest BCUT2D eigenvalue weighted by Gasteiger charge is -2.17. The molecule has 21 heavy (non-hydrogen) atoms. The fourth-order valence-corrected chi connectivity index (χ4v) is 4.10. The molecule has 1 aromatic carbocycles. The highest BCUT2D eigenvalue weighted by Crippen LogP contribution is 2.23. The number of likely N-dealkylation sites (N-methyl/N-ethyl adjacent to an activating group) is 1. The van der Waals surface area contributed by atoms with Crippen molar-refractivity contribution < 1.29 is 8.42 Å². The first-order chi connectivity index (χ1) is 9.95. The van der Waals surface area contributed by atoms with Crippen LogP contribution in [0.2, 0.25) is 5.02 Å². The van der Waals surface area contributed by atoms with Crippen LogP contribution in [0.3, 0.4) is 0 Å². The number of sulfonamides is 1. The third-order valence-electron chi connectivity index (χ3n) is 3.21. The summed E-state index contributed by atoms with van der Waals surface area (Å²) >= 11 is 7.66. The van der Waals surface area contributed by atoms with Crippen LogP contribution in [-0.4, -0.2) is 26.3 Å². The number of hydrogen-bond donors (Lipinski definition) is 1. The maximum atomic E-state index is 12.5. The highest BCUT2D eigenvalue weighted by molar-refractivity contribution is 7.89. The number of nitrogens with two attached hydrogens (primary N) is 1. The van der Waals surface area contributed by atoms with Crippen LogP contribution in [0.25, 0.3) is 0 Å². The summed E-state index contributed by atoms with van der Waals surface area (Å²) in [7, 11) is -1.95. The van der Waals surface area contributed by atoms with E-state index in [-0.39, 0.29) is 11.4 Å². The summed E-state index contributed by atoms with van der Waals surface area (Å²) in [6.07, 6.45) is 0.696. The third kappa shape index (κ3) is 3.84. The molecule has 0 radical (unpaired) electrons. The Morgan fingerprint density at radius 3 is 2.67 bits per heavy atom. The van der Waals surface area contributed by atoms with Gasteiger partial charge in [0, 0.05) is 30.0 Å². The van der Waals surface area contributed by atoms with Crippen LogP contribution in [0, 0.1) is 0 Å². The highest BCUT2D eigenvalue weighted by atomic mass is 35.5. The highest BCUT2D eigenvalue weighted by Gasteiger charge is 2.21. The Bertz CT molecular complexity index is 700. The Labute approximate surface area is 134 Å². The van der Waals surface area contributed by atoms with E-state index in [1.165, 1.54) is 10.4 Å². The van der Waals surface area contributed by atoms with E-state index in [1.807, 2.05) is 17.5 Å². The molecule has 2 aromatic rings. The Kier molecular flexibility index (Phi) is 5.40. The van der Waals surface area contributed by atoms with E-state index in [9.17, 15) is 8.42 Å². The van der Waals surface area contributed by atoms with Crippen LogP contribution in [0.5, 0.6) is 0 Å². The molecule has 0 atom stereocenters. The fraction of sp³-hybridized carbons (Fsp3) is 0.286. The Morgan fingerprint density at radius 1 is 1.33 bits per heavy atom. The molecule has 1 heterocycles. The van der Waals surface area contributed by atoms with Crippen LogP contribution in [0.4, 0.5) is 0 Å². The van der Waals surface area contributed by atoms with Crippen molar-refractivity contribution in [2.75, 3.05) is 13.6 Å². The van der Waals surface area contributed by atoms with Crippen LogP contribution < -0.4 is 5.73 Å². The molecule has 2 rings (SSSR count). The number of thiophene rings is 1. The Balaban J connectivity index is 2.14. The van der Waals surface area contributed by atoms with Crippen molar-refractivity contribution in [3.05, 3.63) is 51.2 Å². The largest absolute Gasteiger partial charge is 0.326 e. The predicted molar refractivity (Wildman–Crippen MR) is 87.2 cm³/mol. The van der Waals surface area contributed by atoms with Gasteiger partial charge in [-0.05, 0) is 35.6 Å². The van der Waals surface area contributed by atoms with Crippen LogP contribution in [0.1, 0.15) is 10.4 Å². The Hall–Kier alpha value is -0.920. The van der Waals surface area contributed by atoms with Crippen molar-refractivity contribution in [3.8, 4) is 0 Å². The maximum Gasteiger partial charge on any atom is 0.242 e. The lowest BCUT2D eigenvalue weighted by molar-refractivity contribution is 0.473. The van der Waals surface area contributed by atoms with Gasteiger partial charge in [0.25, 0.3) is 0 Å². The SMILES string of the molecule is CN(CCc1cccs1)S(=O)(=O)c1ccc(CN)c(Cl)c1. The monoisotopic (exact) mass is 344 g/mol. The summed E-state index contributed by atoms with van der Waals surface area (Å²) in [6, 6.07) is 8.62. The van der Waals surface area contributed by atoms with Gasteiger partial charge in [-0.25, -0.2) is 12.7 Å². The zero-order valence-electron chi connectivity index (χ0n) is 11.6. The minimum Gasteiger partial charge on any atom is -0.326 e. The van der Waals surface area contributed by atoms with Crippen molar-refractivity contribution >= 4 is 33.0 Å². The molecule has 0 bridgehead atoms. The molecule has 0 amide bonds. The second-order valence-corrected chi connectivity index (χ2v) is 8.10. The summed E-state index contributed by atoms with van der Waals surface area (Å²) in [5.41, 5.74) is 6.26. The number of halogens is 1. The van der Waals surface area contributed by atoms with Crippen molar-refractivity contribution in [1.82, 2.24) is 4.31 Å². The van der Waals surface area contributed by atoms with Gasteiger partial charge in [0.05, 0.1) is 4.90 Å². The van der Waals surface area contributed by atoms with Crippen LogP contribution in [-0.2, 0) is 23.0 Å². The summed E-state index contributed by atoms with van der Waals surface area (Å²) in [4.78, 5) is 1.35. The molecule has 0 fully saturated rings. The molecule has 0 aliphatic heterocycles. The molecule has 0 aliphatic rings. The van der Waals surface area contributed by atoms with Gasteiger partial charge in [-0.1, -0.05) is 23.7 Å². The summed E-state index contributed by atoms with van der Waals surface area (Å²) < 4.78 is 26.3. The number of hydrogen-bond acceptors (Lipinski definition) is 4.